The van der Waals surface area contributed by atoms with Gasteiger partial charge in [0.05, 0.1) is 24.8 Å². The molecule has 0 unspecified atom stereocenters. The lowest BCUT2D eigenvalue weighted by molar-refractivity contribution is -0.0233. The molecule has 0 spiro atoms. The minimum atomic E-state index is -0.975. The number of benzene rings is 1. The number of carboxylic acid groups (broad SMARTS) is 1. The summed E-state index contributed by atoms with van der Waals surface area (Å²) < 4.78 is 5.53. The monoisotopic (exact) mass is 247 g/mol. The number of amides is 1. The van der Waals surface area contributed by atoms with Crippen molar-refractivity contribution in [1.82, 2.24) is 4.90 Å². The number of ether oxygens (including phenoxy) is 1. The third kappa shape index (κ3) is 2.36. The van der Waals surface area contributed by atoms with Crippen LogP contribution in [0.3, 0.4) is 0 Å². The summed E-state index contributed by atoms with van der Waals surface area (Å²) in [6.45, 7) is 0.906. The molecule has 94 valence electrons. The first-order valence-corrected chi connectivity index (χ1v) is 5.51. The third-order valence-corrected chi connectivity index (χ3v) is 2.88. The van der Waals surface area contributed by atoms with Gasteiger partial charge < -0.3 is 20.5 Å². The maximum atomic E-state index is 10.9. The van der Waals surface area contributed by atoms with Crippen LogP contribution in [0, 0.1) is 11.3 Å². The summed E-state index contributed by atoms with van der Waals surface area (Å²) in [5.74, 6) is 0. The lowest BCUT2D eigenvalue weighted by Crippen LogP contribution is -2.41. The molecule has 1 fully saturated rings. The summed E-state index contributed by atoms with van der Waals surface area (Å²) in [6, 6.07) is 7.01. The van der Waals surface area contributed by atoms with Gasteiger partial charge in [0.1, 0.15) is 6.10 Å². The molecule has 6 heteroatoms. The van der Waals surface area contributed by atoms with E-state index in [1.807, 2.05) is 0 Å². The van der Waals surface area contributed by atoms with E-state index in [4.69, 9.17) is 20.8 Å². The number of nitrogens with two attached hydrogens (primary N) is 1. The molecule has 1 aliphatic heterocycles. The Bertz CT molecular complexity index is 510. The predicted octanol–water partition coefficient (Wildman–Crippen LogP) is 1.19. The van der Waals surface area contributed by atoms with E-state index >= 15 is 0 Å². The lowest BCUT2D eigenvalue weighted by Gasteiger charge is -2.31. The van der Waals surface area contributed by atoms with Crippen LogP contribution in [0.1, 0.15) is 17.2 Å². The molecule has 1 aromatic carbocycles. The van der Waals surface area contributed by atoms with Crippen LogP contribution in [0.2, 0.25) is 0 Å². The molecule has 0 aliphatic carbocycles. The summed E-state index contributed by atoms with van der Waals surface area (Å²) in [7, 11) is 0. The Morgan fingerprint density at radius 3 is 3.06 bits per heavy atom. The van der Waals surface area contributed by atoms with Crippen molar-refractivity contribution in [1.29, 1.82) is 5.26 Å². The highest BCUT2D eigenvalue weighted by Gasteiger charge is 2.26. The van der Waals surface area contributed by atoms with Crippen molar-refractivity contribution in [2.24, 2.45) is 0 Å². The fourth-order valence-electron chi connectivity index (χ4n) is 1.96. The average Bonchev–Trinajstić information content (AvgIpc) is 2.38. The Labute approximate surface area is 104 Å². The summed E-state index contributed by atoms with van der Waals surface area (Å²) >= 11 is 0. The van der Waals surface area contributed by atoms with Crippen LogP contribution in [0.25, 0.3) is 0 Å². The quantitative estimate of drug-likeness (QED) is 0.726. The maximum absolute atomic E-state index is 10.9. The number of morpholine rings is 1. The Kier molecular flexibility index (Phi) is 3.35. The largest absolute Gasteiger partial charge is 0.465 e. The molecule has 1 aliphatic rings. The number of hydrogen-bond acceptors (Lipinski definition) is 4. The summed E-state index contributed by atoms with van der Waals surface area (Å²) in [4.78, 5) is 12.2. The van der Waals surface area contributed by atoms with Gasteiger partial charge >= 0.3 is 6.09 Å². The van der Waals surface area contributed by atoms with E-state index in [0.717, 1.165) is 0 Å². The van der Waals surface area contributed by atoms with Crippen molar-refractivity contribution in [3.8, 4) is 6.07 Å². The summed E-state index contributed by atoms with van der Waals surface area (Å²) in [5, 5.41) is 18.0. The molecular formula is C12H13N3O3. The highest BCUT2D eigenvalue weighted by Crippen LogP contribution is 2.26. The van der Waals surface area contributed by atoms with Crippen molar-refractivity contribution in [2.45, 2.75) is 6.10 Å². The first-order chi connectivity index (χ1) is 8.61. The third-order valence-electron chi connectivity index (χ3n) is 2.88. The molecule has 6 nitrogen and oxygen atoms in total. The van der Waals surface area contributed by atoms with Crippen molar-refractivity contribution >= 4 is 11.8 Å². The second-order valence-corrected chi connectivity index (χ2v) is 4.05. The number of anilines is 1. The predicted molar refractivity (Wildman–Crippen MR) is 63.9 cm³/mol. The van der Waals surface area contributed by atoms with E-state index in [2.05, 4.69) is 6.07 Å². The molecule has 0 radical (unpaired) electrons. The van der Waals surface area contributed by atoms with Crippen molar-refractivity contribution in [3.63, 3.8) is 0 Å². The van der Waals surface area contributed by atoms with E-state index in [9.17, 15) is 4.79 Å². The van der Waals surface area contributed by atoms with Gasteiger partial charge in [-0.3, -0.25) is 0 Å². The minimum Gasteiger partial charge on any atom is -0.465 e. The number of rotatable bonds is 1. The van der Waals surface area contributed by atoms with E-state index < -0.39 is 12.2 Å². The van der Waals surface area contributed by atoms with Crippen LogP contribution < -0.4 is 5.73 Å². The molecule has 0 saturated carbocycles. The van der Waals surface area contributed by atoms with Crippen molar-refractivity contribution < 1.29 is 14.6 Å². The molecule has 1 saturated heterocycles. The van der Waals surface area contributed by atoms with Gasteiger partial charge in [-0.15, -0.1) is 0 Å². The Morgan fingerprint density at radius 1 is 1.61 bits per heavy atom. The topological polar surface area (TPSA) is 99.6 Å². The fourth-order valence-corrected chi connectivity index (χ4v) is 1.96. The maximum Gasteiger partial charge on any atom is 0.407 e. The van der Waals surface area contributed by atoms with Gasteiger partial charge in [0.15, 0.2) is 0 Å². The molecule has 3 N–H and O–H groups in total. The zero-order valence-electron chi connectivity index (χ0n) is 9.67. The van der Waals surface area contributed by atoms with Gasteiger partial charge in [0.2, 0.25) is 0 Å². The number of nitrogens with zero attached hydrogens (tertiary/aromatic N) is 2. The first kappa shape index (κ1) is 12.2. The van der Waals surface area contributed by atoms with Gasteiger partial charge in [-0.25, -0.2) is 4.79 Å². The second kappa shape index (κ2) is 4.94. The van der Waals surface area contributed by atoms with E-state index in [0.29, 0.717) is 30.0 Å². The second-order valence-electron chi connectivity index (χ2n) is 4.05. The van der Waals surface area contributed by atoms with Crippen LogP contribution >= 0.6 is 0 Å². The zero-order valence-corrected chi connectivity index (χ0v) is 9.67. The zero-order chi connectivity index (χ0) is 13.1. The van der Waals surface area contributed by atoms with Crippen LogP contribution in [0.5, 0.6) is 0 Å². The number of carbonyl (C=O) groups is 1. The highest BCUT2D eigenvalue weighted by atomic mass is 16.5. The Balaban J connectivity index is 2.26. The number of nitrogen functional groups attached to an aromatic ring is 1. The van der Waals surface area contributed by atoms with Crippen LogP contribution in [-0.2, 0) is 4.74 Å². The van der Waals surface area contributed by atoms with Gasteiger partial charge in [-0.2, -0.15) is 5.26 Å². The Morgan fingerprint density at radius 2 is 2.39 bits per heavy atom. The molecule has 2 rings (SSSR count). The normalized spacial score (nSPS) is 19.3. The van der Waals surface area contributed by atoms with Crippen molar-refractivity contribution in [2.75, 3.05) is 25.4 Å². The fraction of sp³-hybridized carbons (Fsp3) is 0.333. The van der Waals surface area contributed by atoms with Crippen LogP contribution in [0.4, 0.5) is 10.5 Å². The number of nitriles is 1. The smallest absolute Gasteiger partial charge is 0.407 e. The van der Waals surface area contributed by atoms with E-state index in [1.165, 1.54) is 4.90 Å². The molecule has 1 amide bonds. The highest BCUT2D eigenvalue weighted by molar-refractivity contribution is 5.65. The summed E-state index contributed by atoms with van der Waals surface area (Å²) in [6.07, 6.45) is -1.39. The number of hydrogen-bond donors (Lipinski definition) is 2. The van der Waals surface area contributed by atoms with Crippen LogP contribution in [0.15, 0.2) is 18.2 Å². The first-order valence-electron chi connectivity index (χ1n) is 5.51. The molecule has 0 aromatic heterocycles. The lowest BCUT2D eigenvalue weighted by atomic mass is 10.0. The average molecular weight is 247 g/mol. The van der Waals surface area contributed by atoms with E-state index in [1.54, 1.807) is 18.2 Å². The molecule has 1 atom stereocenters. The van der Waals surface area contributed by atoms with Gasteiger partial charge in [-0.1, -0.05) is 6.07 Å². The minimum absolute atomic E-state index is 0.230. The van der Waals surface area contributed by atoms with E-state index in [-0.39, 0.29) is 6.54 Å². The molecule has 18 heavy (non-hydrogen) atoms. The van der Waals surface area contributed by atoms with Gasteiger partial charge in [-0.05, 0) is 12.1 Å². The molecule has 1 heterocycles. The van der Waals surface area contributed by atoms with Crippen LogP contribution in [-0.4, -0.2) is 35.8 Å². The van der Waals surface area contributed by atoms with Gasteiger partial charge in [0, 0.05) is 17.8 Å². The molecule has 0 bridgehead atoms. The molecule has 1 aromatic rings. The molecular weight excluding hydrogens is 234 g/mol. The Hall–Kier alpha value is -2.26. The summed E-state index contributed by atoms with van der Waals surface area (Å²) in [5.41, 5.74) is 7.21. The van der Waals surface area contributed by atoms with Crippen molar-refractivity contribution in [3.05, 3.63) is 29.3 Å². The standard InChI is InChI=1S/C12H13N3O3/c13-6-8-5-9(14)1-2-10(8)11-7-15(12(16)17)3-4-18-11/h1-2,5,11H,3-4,7,14H2,(H,16,17)/t11-/m0/s1. The van der Waals surface area contributed by atoms with Gasteiger partial charge in [0.25, 0.3) is 0 Å². The SMILES string of the molecule is N#Cc1cc(N)ccc1[C@@H]1CN(C(=O)O)CCO1.